The summed E-state index contributed by atoms with van der Waals surface area (Å²) in [4.78, 5) is 25.7. The quantitative estimate of drug-likeness (QED) is 0.865. The highest BCUT2D eigenvalue weighted by Gasteiger charge is 2.66. The number of hydrogen-bond acceptors (Lipinski definition) is 2. The van der Waals surface area contributed by atoms with Gasteiger partial charge in [0, 0.05) is 13.1 Å². The Morgan fingerprint density at radius 3 is 2.30 bits per heavy atom. The Balaban J connectivity index is 1.99. The maximum atomic E-state index is 12.6. The fourth-order valence-corrected chi connectivity index (χ4v) is 3.77. The molecule has 4 heteroatoms. The molecule has 0 aromatic heterocycles. The Morgan fingerprint density at radius 2 is 1.80 bits per heavy atom. The summed E-state index contributed by atoms with van der Waals surface area (Å²) in [5, 5.41) is 9.21. The van der Waals surface area contributed by atoms with Crippen molar-refractivity contribution in [1.82, 2.24) is 4.90 Å². The minimum absolute atomic E-state index is 0.0619. The Hall–Kier alpha value is -1.06. The monoisotopic (exact) mass is 281 g/mol. The predicted molar refractivity (Wildman–Crippen MR) is 77.2 cm³/mol. The van der Waals surface area contributed by atoms with Crippen LogP contribution in [-0.2, 0) is 9.59 Å². The van der Waals surface area contributed by atoms with Gasteiger partial charge in [0.05, 0.1) is 11.8 Å². The van der Waals surface area contributed by atoms with Crippen LogP contribution in [0.5, 0.6) is 0 Å². The van der Waals surface area contributed by atoms with E-state index in [0.29, 0.717) is 11.8 Å². The molecule has 1 unspecified atom stereocenters. The number of nitrogens with zero attached hydrogens (tertiary/aromatic N) is 1. The van der Waals surface area contributed by atoms with Gasteiger partial charge in [-0.1, -0.05) is 27.7 Å². The van der Waals surface area contributed by atoms with E-state index < -0.39 is 11.9 Å². The molecule has 1 aliphatic carbocycles. The first-order valence-electron chi connectivity index (χ1n) is 7.78. The molecule has 4 nitrogen and oxygen atoms in total. The molecule has 1 amide bonds. The fourth-order valence-electron chi connectivity index (χ4n) is 3.77. The number of carbonyl (C=O) groups is 2. The molecular formula is C16H27NO3. The lowest BCUT2D eigenvalue weighted by molar-refractivity contribution is -0.142. The minimum Gasteiger partial charge on any atom is -0.481 e. The first kappa shape index (κ1) is 15.3. The van der Waals surface area contributed by atoms with Gasteiger partial charge in [-0.3, -0.25) is 9.59 Å². The molecule has 3 atom stereocenters. The molecule has 1 aliphatic heterocycles. The third-order valence-electron chi connectivity index (χ3n) is 5.39. The van der Waals surface area contributed by atoms with Crippen LogP contribution in [0.4, 0.5) is 0 Å². The van der Waals surface area contributed by atoms with Gasteiger partial charge in [0.2, 0.25) is 5.91 Å². The highest BCUT2D eigenvalue weighted by Crippen LogP contribution is 2.59. The van der Waals surface area contributed by atoms with Crippen LogP contribution in [-0.4, -0.2) is 35.0 Å². The van der Waals surface area contributed by atoms with Crippen LogP contribution in [0.2, 0.25) is 0 Å². The van der Waals surface area contributed by atoms with Crippen molar-refractivity contribution in [2.24, 2.45) is 29.1 Å². The lowest BCUT2D eigenvalue weighted by Crippen LogP contribution is -2.34. The minimum atomic E-state index is -0.830. The van der Waals surface area contributed by atoms with Crippen molar-refractivity contribution < 1.29 is 14.7 Å². The lowest BCUT2D eigenvalue weighted by Gasteiger charge is -2.22. The molecule has 2 rings (SSSR count). The number of rotatable bonds is 3. The van der Waals surface area contributed by atoms with E-state index in [4.69, 9.17) is 0 Å². The van der Waals surface area contributed by atoms with Crippen molar-refractivity contribution in [2.75, 3.05) is 13.1 Å². The molecule has 20 heavy (non-hydrogen) atoms. The van der Waals surface area contributed by atoms with Crippen LogP contribution in [0.15, 0.2) is 0 Å². The first-order valence-corrected chi connectivity index (χ1v) is 7.78. The SMILES string of the molecule is CC(C)C1CCCN(C(=O)[C@H]2[C@@H](C(=O)O)C2(C)C)CC1. The predicted octanol–water partition coefficient (Wildman–Crippen LogP) is 2.63. The van der Waals surface area contributed by atoms with Crippen molar-refractivity contribution in [1.29, 1.82) is 0 Å². The van der Waals surface area contributed by atoms with Crippen LogP contribution in [0.1, 0.15) is 47.0 Å². The Morgan fingerprint density at radius 1 is 1.15 bits per heavy atom. The van der Waals surface area contributed by atoms with Gasteiger partial charge in [0.1, 0.15) is 0 Å². The molecule has 2 aliphatic rings. The Kier molecular flexibility index (Phi) is 4.12. The zero-order valence-electron chi connectivity index (χ0n) is 13.1. The number of amides is 1. The third kappa shape index (κ3) is 2.70. The third-order valence-corrected chi connectivity index (χ3v) is 5.39. The number of carbonyl (C=O) groups excluding carboxylic acids is 1. The van der Waals surface area contributed by atoms with Crippen molar-refractivity contribution in [3.05, 3.63) is 0 Å². The van der Waals surface area contributed by atoms with Gasteiger partial charge < -0.3 is 10.0 Å². The van der Waals surface area contributed by atoms with E-state index in [2.05, 4.69) is 13.8 Å². The Bertz CT molecular complexity index is 403. The Labute approximate surface area is 121 Å². The maximum absolute atomic E-state index is 12.6. The second kappa shape index (κ2) is 5.38. The largest absolute Gasteiger partial charge is 0.481 e. The van der Waals surface area contributed by atoms with E-state index in [1.165, 1.54) is 6.42 Å². The van der Waals surface area contributed by atoms with Crippen LogP contribution in [0.25, 0.3) is 0 Å². The average Bonchev–Trinajstić information content (AvgIpc) is 2.99. The number of hydrogen-bond donors (Lipinski definition) is 1. The molecule has 1 heterocycles. The van der Waals surface area contributed by atoms with Crippen molar-refractivity contribution in [3.8, 4) is 0 Å². The van der Waals surface area contributed by atoms with Crippen molar-refractivity contribution in [3.63, 3.8) is 0 Å². The van der Waals surface area contributed by atoms with Crippen molar-refractivity contribution in [2.45, 2.75) is 47.0 Å². The molecule has 0 bridgehead atoms. The van der Waals surface area contributed by atoms with Crippen molar-refractivity contribution >= 4 is 11.9 Å². The molecule has 114 valence electrons. The number of aliphatic carboxylic acids is 1. The second-order valence-electron chi connectivity index (χ2n) is 7.38. The van der Waals surface area contributed by atoms with E-state index in [1.807, 2.05) is 18.7 Å². The topological polar surface area (TPSA) is 57.6 Å². The number of carboxylic acids is 1. The van der Waals surface area contributed by atoms with Gasteiger partial charge in [-0.2, -0.15) is 0 Å². The average molecular weight is 281 g/mol. The lowest BCUT2D eigenvalue weighted by atomic mass is 9.89. The summed E-state index contributed by atoms with van der Waals surface area (Å²) in [6.07, 6.45) is 3.27. The summed E-state index contributed by atoms with van der Waals surface area (Å²) in [5.74, 6) is -0.241. The normalized spacial score (nSPS) is 32.9. The second-order valence-corrected chi connectivity index (χ2v) is 7.38. The highest BCUT2D eigenvalue weighted by atomic mass is 16.4. The van der Waals surface area contributed by atoms with Gasteiger partial charge in [0.25, 0.3) is 0 Å². The molecule has 0 aromatic carbocycles. The van der Waals surface area contributed by atoms with E-state index in [9.17, 15) is 14.7 Å². The highest BCUT2D eigenvalue weighted by molar-refractivity contribution is 5.91. The van der Waals surface area contributed by atoms with Gasteiger partial charge in [-0.25, -0.2) is 0 Å². The maximum Gasteiger partial charge on any atom is 0.307 e. The first-order chi connectivity index (χ1) is 9.26. The zero-order chi connectivity index (χ0) is 15.1. The van der Waals surface area contributed by atoms with E-state index in [1.54, 1.807) is 0 Å². The molecule has 0 radical (unpaired) electrons. The summed E-state index contributed by atoms with van der Waals surface area (Å²) < 4.78 is 0. The number of likely N-dealkylation sites (tertiary alicyclic amines) is 1. The van der Waals surface area contributed by atoms with E-state index in [0.717, 1.165) is 25.9 Å². The molecule has 2 fully saturated rings. The molecule has 1 saturated heterocycles. The fraction of sp³-hybridized carbons (Fsp3) is 0.875. The number of carboxylic acid groups (broad SMARTS) is 1. The molecular weight excluding hydrogens is 254 g/mol. The summed E-state index contributed by atoms with van der Waals surface area (Å²) in [6, 6.07) is 0. The summed E-state index contributed by atoms with van der Waals surface area (Å²) >= 11 is 0. The standard InChI is InChI=1S/C16H27NO3/c1-10(2)11-6-5-8-17(9-7-11)14(18)12-13(15(19)20)16(12,3)4/h10-13H,5-9H2,1-4H3,(H,19,20)/t11?,12-,13+/m1/s1. The van der Waals surface area contributed by atoms with E-state index >= 15 is 0 Å². The van der Waals surface area contributed by atoms with Gasteiger partial charge in [0.15, 0.2) is 0 Å². The van der Waals surface area contributed by atoms with Gasteiger partial charge in [-0.05, 0) is 36.5 Å². The molecule has 1 saturated carbocycles. The van der Waals surface area contributed by atoms with Crippen LogP contribution >= 0.6 is 0 Å². The van der Waals surface area contributed by atoms with Crippen LogP contribution in [0, 0.1) is 29.1 Å². The summed E-state index contributed by atoms with van der Waals surface area (Å²) in [6.45, 7) is 9.85. The molecule has 1 N–H and O–H groups in total. The smallest absolute Gasteiger partial charge is 0.307 e. The van der Waals surface area contributed by atoms with E-state index in [-0.39, 0.29) is 17.2 Å². The van der Waals surface area contributed by atoms with Crippen LogP contribution in [0.3, 0.4) is 0 Å². The molecule has 0 aromatic rings. The van der Waals surface area contributed by atoms with Gasteiger partial charge >= 0.3 is 5.97 Å². The summed E-state index contributed by atoms with van der Waals surface area (Å²) in [7, 11) is 0. The molecule has 0 spiro atoms. The van der Waals surface area contributed by atoms with Gasteiger partial charge in [-0.15, -0.1) is 0 Å². The summed E-state index contributed by atoms with van der Waals surface area (Å²) in [5.41, 5.74) is -0.382. The van der Waals surface area contributed by atoms with Crippen LogP contribution < -0.4 is 0 Å². The zero-order valence-corrected chi connectivity index (χ0v) is 13.1.